The molecule has 2 aromatic carbocycles. The highest BCUT2D eigenvalue weighted by Crippen LogP contribution is 2.47. The van der Waals surface area contributed by atoms with E-state index >= 15 is 0 Å². The molecule has 27 heavy (non-hydrogen) atoms. The third-order valence-electron chi connectivity index (χ3n) is 4.69. The minimum absolute atomic E-state index is 0.0153. The smallest absolute Gasteiger partial charge is 0.314 e. The summed E-state index contributed by atoms with van der Waals surface area (Å²) in [6, 6.07) is 7.15. The van der Waals surface area contributed by atoms with E-state index in [9.17, 15) is 26.3 Å². The van der Waals surface area contributed by atoms with E-state index in [1.165, 1.54) is 31.2 Å². The molecule has 2 aromatic rings. The quantitative estimate of drug-likeness (QED) is 0.713. The molecule has 0 saturated carbocycles. The molecule has 146 valence electrons. The largest absolute Gasteiger partial charge is 0.417 e. The van der Waals surface area contributed by atoms with E-state index in [4.69, 9.17) is 0 Å². The first-order chi connectivity index (χ1) is 12.6. The van der Waals surface area contributed by atoms with Crippen LogP contribution in [0.5, 0.6) is 0 Å². The van der Waals surface area contributed by atoms with Gasteiger partial charge in [0.25, 0.3) is 0 Å². The van der Waals surface area contributed by atoms with Gasteiger partial charge in [0.1, 0.15) is 0 Å². The number of rotatable bonds is 2. The fourth-order valence-electron chi connectivity index (χ4n) is 3.52. The van der Waals surface area contributed by atoms with Gasteiger partial charge in [0.15, 0.2) is 0 Å². The van der Waals surface area contributed by atoms with Crippen LogP contribution in [-0.2, 0) is 12.4 Å². The molecule has 1 atom stereocenters. The van der Waals surface area contributed by atoms with Gasteiger partial charge in [0.05, 0.1) is 11.1 Å². The van der Waals surface area contributed by atoms with Gasteiger partial charge in [-0.05, 0) is 29.7 Å². The number of piperazine rings is 1. The molecule has 1 heterocycles. The number of benzene rings is 2. The first-order valence-electron chi connectivity index (χ1n) is 8.42. The Bertz CT molecular complexity index is 806. The molecule has 0 bridgehead atoms. The van der Waals surface area contributed by atoms with Crippen molar-refractivity contribution in [2.24, 2.45) is 0 Å². The van der Waals surface area contributed by atoms with Gasteiger partial charge in [-0.15, -0.1) is 0 Å². The normalized spacial score (nSPS) is 18.6. The molecular weight excluding hydrogens is 370 g/mol. The molecule has 2 N–H and O–H groups in total. The molecular formula is C19H18F6N2. The third kappa shape index (κ3) is 3.96. The lowest BCUT2D eigenvalue weighted by atomic mass is 9.85. The fraction of sp³-hybridized carbons (Fsp3) is 0.368. The van der Waals surface area contributed by atoms with Crippen molar-refractivity contribution in [3.8, 4) is 11.1 Å². The van der Waals surface area contributed by atoms with E-state index in [0.717, 1.165) is 6.07 Å². The molecule has 1 unspecified atom stereocenters. The van der Waals surface area contributed by atoms with E-state index in [1.54, 1.807) is 6.07 Å². The lowest BCUT2D eigenvalue weighted by molar-refractivity contribution is -0.142. The summed E-state index contributed by atoms with van der Waals surface area (Å²) in [4.78, 5) is 0. The molecule has 1 saturated heterocycles. The zero-order chi connectivity index (χ0) is 19.8. The lowest BCUT2D eigenvalue weighted by Crippen LogP contribution is -2.43. The number of alkyl halides is 6. The molecule has 0 amide bonds. The highest BCUT2D eigenvalue weighted by Gasteiger charge is 2.44. The van der Waals surface area contributed by atoms with Crippen molar-refractivity contribution in [1.82, 2.24) is 10.6 Å². The van der Waals surface area contributed by atoms with Crippen LogP contribution in [0.1, 0.15) is 28.3 Å². The summed E-state index contributed by atoms with van der Waals surface area (Å²) in [6.07, 6.45) is -9.84. The van der Waals surface area contributed by atoms with Gasteiger partial charge in [-0.25, -0.2) is 0 Å². The van der Waals surface area contributed by atoms with Crippen LogP contribution in [0.25, 0.3) is 11.1 Å². The lowest BCUT2D eigenvalue weighted by Gasteiger charge is -2.30. The minimum atomic E-state index is -4.92. The Kier molecular flexibility index (Phi) is 5.22. The molecule has 8 heteroatoms. The Balaban J connectivity index is 2.36. The molecule has 0 aliphatic carbocycles. The monoisotopic (exact) mass is 388 g/mol. The summed E-state index contributed by atoms with van der Waals surface area (Å²) in [7, 11) is 0. The number of hydrogen-bond donors (Lipinski definition) is 2. The maximum Gasteiger partial charge on any atom is 0.417 e. The summed E-state index contributed by atoms with van der Waals surface area (Å²) in [6.45, 7) is 2.57. The summed E-state index contributed by atoms with van der Waals surface area (Å²) in [5, 5.41) is 5.99. The molecule has 0 radical (unpaired) electrons. The molecule has 1 aliphatic rings. The van der Waals surface area contributed by atoms with Gasteiger partial charge in [-0.1, -0.05) is 30.3 Å². The van der Waals surface area contributed by atoms with Crippen LogP contribution in [0.3, 0.4) is 0 Å². The van der Waals surface area contributed by atoms with Gasteiger partial charge in [0, 0.05) is 31.2 Å². The molecule has 0 aromatic heterocycles. The average Bonchev–Trinajstić information content (AvgIpc) is 2.60. The van der Waals surface area contributed by atoms with Crippen LogP contribution in [0.2, 0.25) is 0 Å². The topological polar surface area (TPSA) is 24.1 Å². The molecule has 0 spiro atoms. The van der Waals surface area contributed by atoms with Crippen molar-refractivity contribution >= 4 is 0 Å². The Morgan fingerprint density at radius 2 is 1.59 bits per heavy atom. The third-order valence-corrected chi connectivity index (χ3v) is 4.69. The van der Waals surface area contributed by atoms with Gasteiger partial charge in [0.2, 0.25) is 0 Å². The summed E-state index contributed by atoms with van der Waals surface area (Å²) in [5.41, 5.74) is -3.60. The molecule has 1 fully saturated rings. The average molecular weight is 388 g/mol. The highest BCUT2D eigenvalue weighted by molar-refractivity contribution is 5.75. The number of hydrogen-bond acceptors (Lipinski definition) is 2. The van der Waals surface area contributed by atoms with Crippen LogP contribution >= 0.6 is 0 Å². The minimum Gasteiger partial charge on any atom is -0.314 e. The second-order valence-corrected chi connectivity index (χ2v) is 6.46. The SMILES string of the molecule is Cc1c(C2CNCCN2)cc(C(F)(F)F)c(-c2ccccc2)c1C(F)(F)F. The van der Waals surface area contributed by atoms with E-state index in [2.05, 4.69) is 10.6 Å². The van der Waals surface area contributed by atoms with Crippen LogP contribution in [0.15, 0.2) is 36.4 Å². The van der Waals surface area contributed by atoms with E-state index < -0.39 is 35.1 Å². The van der Waals surface area contributed by atoms with Crippen molar-refractivity contribution in [2.75, 3.05) is 19.6 Å². The van der Waals surface area contributed by atoms with Gasteiger partial charge >= 0.3 is 12.4 Å². The Morgan fingerprint density at radius 3 is 2.11 bits per heavy atom. The predicted octanol–water partition coefficient (Wildman–Crippen LogP) is 4.93. The van der Waals surface area contributed by atoms with Crippen molar-refractivity contribution in [1.29, 1.82) is 0 Å². The summed E-state index contributed by atoms with van der Waals surface area (Å²) in [5.74, 6) is 0. The first-order valence-corrected chi connectivity index (χ1v) is 8.42. The maximum atomic E-state index is 13.9. The van der Waals surface area contributed by atoms with Crippen molar-refractivity contribution in [3.63, 3.8) is 0 Å². The second-order valence-electron chi connectivity index (χ2n) is 6.46. The van der Waals surface area contributed by atoms with Crippen molar-refractivity contribution < 1.29 is 26.3 Å². The summed E-state index contributed by atoms with van der Waals surface area (Å²) < 4.78 is 83.1. The van der Waals surface area contributed by atoms with Gasteiger partial charge < -0.3 is 10.6 Å². The number of halogens is 6. The number of nitrogens with one attached hydrogen (secondary N) is 2. The van der Waals surface area contributed by atoms with E-state index in [1.807, 2.05) is 0 Å². The van der Waals surface area contributed by atoms with Crippen LogP contribution in [0.4, 0.5) is 26.3 Å². The predicted molar refractivity (Wildman–Crippen MR) is 90.2 cm³/mol. The fourth-order valence-corrected chi connectivity index (χ4v) is 3.52. The highest BCUT2D eigenvalue weighted by atomic mass is 19.4. The zero-order valence-corrected chi connectivity index (χ0v) is 14.4. The van der Waals surface area contributed by atoms with Crippen molar-refractivity contribution in [3.05, 3.63) is 58.7 Å². The van der Waals surface area contributed by atoms with Crippen molar-refractivity contribution in [2.45, 2.75) is 25.3 Å². The van der Waals surface area contributed by atoms with E-state index in [-0.39, 0.29) is 23.2 Å². The molecule has 1 aliphatic heterocycles. The Morgan fingerprint density at radius 1 is 0.926 bits per heavy atom. The molecule has 3 rings (SSSR count). The summed E-state index contributed by atoms with van der Waals surface area (Å²) >= 11 is 0. The van der Waals surface area contributed by atoms with Gasteiger partial charge in [-0.2, -0.15) is 26.3 Å². The second kappa shape index (κ2) is 7.16. The van der Waals surface area contributed by atoms with Gasteiger partial charge in [-0.3, -0.25) is 0 Å². The molecule has 2 nitrogen and oxygen atoms in total. The van der Waals surface area contributed by atoms with E-state index in [0.29, 0.717) is 13.1 Å². The Labute approximate surface area is 152 Å². The first kappa shape index (κ1) is 19.7. The maximum absolute atomic E-state index is 13.9. The van der Waals surface area contributed by atoms with Crippen LogP contribution < -0.4 is 10.6 Å². The van der Waals surface area contributed by atoms with Crippen LogP contribution in [-0.4, -0.2) is 19.6 Å². The van der Waals surface area contributed by atoms with Crippen LogP contribution in [0, 0.1) is 6.92 Å². The Hall–Kier alpha value is -2.06. The standard InChI is InChI=1S/C19H18F6N2/c1-11-13(15-10-26-7-8-27-15)9-14(18(20,21)22)16(17(11)19(23,24)25)12-5-3-2-4-6-12/h2-6,9,15,26-27H,7-8,10H2,1H3. The zero-order valence-electron chi connectivity index (χ0n) is 14.4.